The Morgan fingerprint density at radius 1 is 1.15 bits per heavy atom. The summed E-state index contributed by atoms with van der Waals surface area (Å²) < 4.78 is 32.9. The highest BCUT2D eigenvalue weighted by molar-refractivity contribution is 9.10. The van der Waals surface area contributed by atoms with Crippen LogP contribution in [0.15, 0.2) is 69.4 Å². The van der Waals surface area contributed by atoms with Crippen LogP contribution in [-0.2, 0) is 9.84 Å². The van der Waals surface area contributed by atoms with Crippen LogP contribution in [0.2, 0.25) is 0 Å². The highest BCUT2D eigenvalue weighted by Crippen LogP contribution is 2.27. The number of hydrogen-bond acceptors (Lipinski definition) is 6. The third-order valence-electron chi connectivity index (χ3n) is 3.62. The topological polar surface area (TPSA) is 74.1 Å². The maximum absolute atomic E-state index is 12.4. The zero-order valence-electron chi connectivity index (χ0n) is 13.9. The standard InChI is InChI=1S/C17H16BrN3O3S2/c1-24-16-5-3-2-4-15(16)21-12-19-20-17(21)25-10-11-26(22,23)14-8-6-13(18)7-9-14/h2-9,12H,10-11H2,1H3. The first-order chi connectivity index (χ1) is 12.5. The number of rotatable bonds is 7. The van der Waals surface area contributed by atoms with Crippen molar-refractivity contribution in [3.63, 3.8) is 0 Å². The molecule has 0 fully saturated rings. The van der Waals surface area contributed by atoms with Crippen molar-refractivity contribution in [1.82, 2.24) is 14.8 Å². The van der Waals surface area contributed by atoms with Crippen LogP contribution in [0.1, 0.15) is 0 Å². The Bertz CT molecular complexity index is 988. The van der Waals surface area contributed by atoms with Crippen molar-refractivity contribution in [2.45, 2.75) is 10.1 Å². The van der Waals surface area contributed by atoms with Gasteiger partial charge in [0.05, 0.1) is 23.4 Å². The van der Waals surface area contributed by atoms with Gasteiger partial charge < -0.3 is 4.74 Å². The summed E-state index contributed by atoms with van der Waals surface area (Å²) >= 11 is 4.64. The molecule has 0 bridgehead atoms. The second-order valence-corrected chi connectivity index (χ2v) is 9.36. The van der Waals surface area contributed by atoms with Gasteiger partial charge >= 0.3 is 0 Å². The Labute approximate surface area is 164 Å². The average Bonchev–Trinajstić information content (AvgIpc) is 3.10. The molecule has 26 heavy (non-hydrogen) atoms. The molecule has 0 aliphatic rings. The lowest BCUT2D eigenvalue weighted by molar-refractivity contribution is 0.412. The summed E-state index contributed by atoms with van der Waals surface area (Å²) in [6.45, 7) is 0. The number of halogens is 1. The van der Waals surface area contributed by atoms with Gasteiger partial charge in [0.25, 0.3) is 0 Å². The molecule has 2 aromatic carbocycles. The van der Waals surface area contributed by atoms with Crippen molar-refractivity contribution in [1.29, 1.82) is 0 Å². The number of ether oxygens (including phenoxy) is 1. The number of methoxy groups -OCH3 is 1. The molecule has 0 radical (unpaired) electrons. The zero-order chi connectivity index (χ0) is 18.6. The van der Waals surface area contributed by atoms with Crippen molar-refractivity contribution in [3.05, 3.63) is 59.3 Å². The van der Waals surface area contributed by atoms with E-state index in [0.717, 1.165) is 10.2 Å². The molecule has 1 heterocycles. The predicted molar refractivity (Wildman–Crippen MR) is 105 cm³/mol. The fourth-order valence-electron chi connectivity index (χ4n) is 2.32. The summed E-state index contributed by atoms with van der Waals surface area (Å²) in [7, 11) is -1.75. The summed E-state index contributed by atoms with van der Waals surface area (Å²) in [5.41, 5.74) is 0.804. The summed E-state index contributed by atoms with van der Waals surface area (Å²) in [4.78, 5) is 0.312. The van der Waals surface area contributed by atoms with E-state index in [9.17, 15) is 8.42 Å². The van der Waals surface area contributed by atoms with Gasteiger partial charge in [-0.1, -0.05) is 39.8 Å². The molecule has 0 aliphatic heterocycles. The number of thioether (sulfide) groups is 1. The summed E-state index contributed by atoms with van der Waals surface area (Å²) in [6.07, 6.45) is 1.59. The lowest BCUT2D eigenvalue weighted by Gasteiger charge is -2.10. The van der Waals surface area contributed by atoms with Gasteiger partial charge in [0, 0.05) is 10.2 Å². The zero-order valence-corrected chi connectivity index (χ0v) is 17.1. The Kier molecular flexibility index (Phi) is 6.00. The number of nitrogens with zero attached hydrogens (tertiary/aromatic N) is 3. The number of para-hydroxylation sites is 2. The largest absolute Gasteiger partial charge is 0.495 e. The normalized spacial score (nSPS) is 11.5. The van der Waals surface area contributed by atoms with Crippen LogP contribution in [0.3, 0.4) is 0 Å². The van der Waals surface area contributed by atoms with Gasteiger partial charge in [0.2, 0.25) is 0 Å². The minimum Gasteiger partial charge on any atom is -0.495 e. The molecule has 0 spiro atoms. The van der Waals surface area contributed by atoms with Crippen LogP contribution in [0.4, 0.5) is 0 Å². The molecule has 1 aromatic heterocycles. The molecular weight excluding hydrogens is 438 g/mol. The van der Waals surface area contributed by atoms with Crippen molar-refractivity contribution < 1.29 is 13.2 Å². The average molecular weight is 454 g/mol. The first kappa shape index (κ1) is 18.9. The van der Waals surface area contributed by atoms with Gasteiger partial charge in [0.1, 0.15) is 12.1 Å². The van der Waals surface area contributed by atoms with E-state index in [2.05, 4.69) is 26.1 Å². The molecule has 9 heteroatoms. The number of aromatic nitrogens is 3. The maximum Gasteiger partial charge on any atom is 0.195 e. The van der Waals surface area contributed by atoms with Crippen LogP contribution in [0, 0.1) is 0 Å². The lowest BCUT2D eigenvalue weighted by atomic mass is 10.3. The SMILES string of the molecule is COc1ccccc1-n1cnnc1SCCS(=O)(=O)c1ccc(Br)cc1. The Morgan fingerprint density at radius 3 is 2.62 bits per heavy atom. The summed E-state index contributed by atoms with van der Waals surface area (Å²) in [6, 6.07) is 14.2. The van der Waals surface area contributed by atoms with Gasteiger partial charge in [-0.25, -0.2) is 8.42 Å². The van der Waals surface area contributed by atoms with Gasteiger partial charge in [-0.15, -0.1) is 10.2 Å². The molecule has 0 aliphatic carbocycles. The van der Waals surface area contributed by atoms with Gasteiger partial charge in [-0.05, 0) is 36.4 Å². The van der Waals surface area contributed by atoms with E-state index in [1.165, 1.54) is 11.8 Å². The van der Waals surface area contributed by atoms with E-state index in [1.54, 1.807) is 42.3 Å². The van der Waals surface area contributed by atoms with Crippen molar-refractivity contribution in [3.8, 4) is 11.4 Å². The smallest absolute Gasteiger partial charge is 0.195 e. The van der Waals surface area contributed by atoms with E-state index < -0.39 is 9.84 Å². The van der Waals surface area contributed by atoms with E-state index in [1.807, 2.05) is 24.3 Å². The molecule has 0 saturated carbocycles. The summed E-state index contributed by atoms with van der Waals surface area (Å²) in [5, 5.41) is 8.64. The quantitative estimate of drug-likeness (QED) is 0.508. The minimum atomic E-state index is -3.34. The molecule has 0 unspecified atom stereocenters. The monoisotopic (exact) mass is 453 g/mol. The van der Waals surface area contributed by atoms with Crippen LogP contribution < -0.4 is 4.74 Å². The van der Waals surface area contributed by atoms with E-state index in [-0.39, 0.29) is 5.75 Å². The van der Waals surface area contributed by atoms with Gasteiger partial charge in [0.15, 0.2) is 15.0 Å². The molecule has 0 N–H and O–H groups in total. The first-order valence-electron chi connectivity index (χ1n) is 7.66. The van der Waals surface area contributed by atoms with Crippen molar-refractivity contribution in [2.24, 2.45) is 0 Å². The number of hydrogen-bond donors (Lipinski definition) is 0. The van der Waals surface area contributed by atoms with Crippen LogP contribution >= 0.6 is 27.7 Å². The van der Waals surface area contributed by atoms with E-state index in [0.29, 0.717) is 21.6 Å². The Hall–Kier alpha value is -1.84. The van der Waals surface area contributed by atoms with Crippen molar-refractivity contribution in [2.75, 3.05) is 18.6 Å². The predicted octanol–water partition coefficient (Wildman–Crippen LogP) is 3.60. The fraction of sp³-hybridized carbons (Fsp3) is 0.176. The summed E-state index contributed by atoms with van der Waals surface area (Å²) in [5.74, 6) is 1.07. The van der Waals surface area contributed by atoms with Crippen LogP contribution in [-0.4, -0.2) is 41.8 Å². The Morgan fingerprint density at radius 2 is 1.88 bits per heavy atom. The highest BCUT2D eigenvalue weighted by Gasteiger charge is 2.16. The van der Waals surface area contributed by atoms with E-state index in [4.69, 9.17) is 4.74 Å². The van der Waals surface area contributed by atoms with Crippen LogP contribution in [0.5, 0.6) is 5.75 Å². The van der Waals surface area contributed by atoms with E-state index >= 15 is 0 Å². The third-order valence-corrected chi connectivity index (χ3v) is 7.08. The third kappa shape index (κ3) is 4.28. The molecule has 0 atom stereocenters. The second-order valence-electron chi connectivity index (χ2n) is 5.28. The minimum absolute atomic E-state index is 0.0120. The molecular formula is C17H16BrN3O3S2. The maximum atomic E-state index is 12.4. The molecule has 3 aromatic rings. The highest BCUT2D eigenvalue weighted by atomic mass is 79.9. The molecule has 3 rings (SSSR count). The van der Waals surface area contributed by atoms with Gasteiger partial charge in [-0.2, -0.15) is 0 Å². The van der Waals surface area contributed by atoms with Crippen LogP contribution in [0.25, 0.3) is 5.69 Å². The first-order valence-corrected chi connectivity index (χ1v) is 11.1. The van der Waals surface area contributed by atoms with Crippen molar-refractivity contribution >= 4 is 37.5 Å². The second kappa shape index (κ2) is 8.24. The lowest BCUT2D eigenvalue weighted by Crippen LogP contribution is -2.09. The molecule has 136 valence electrons. The molecule has 6 nitrogen and oxygen atoms in total. The molecule has 0 saturated heterocycles. The number of sulfone groups is 1. The fourth-order valence-corrected chi connectivity index (χ4v) is 5.15. The number of benzene rings is 2. The molecule has 0 amide bonds. The van der Waals surface area contributed by atoms with Gasteiger partial charge in [-0.3, -0.25) is 4.57 Å². The Balaban J connectivity index is 1.72.